The van der Waals surface area contributed by atoms with Crippen molar-refractivity contribution >= 4 is 28.8 Å². The van der Waals surface area contributed by atoms with Crippen LogP contribution in [-0.4, -0.2) is 16.8 Å². The van der Waals surface area contributed by atoms with Crippen molar-refractivity contribution in [2.24, 2.45) is 0 Å². The van der Waals surface area contributed by atoms with Gasteiger partial charge in [-0.25, -0.2) is 4.98 Å². The highest BCUT2D eigenvalue weighted by Gasteiger charge is 2.32. The van der Waals surface area contributed by atoms with Gasteiger partial charge in [0, 0.05) is 28.5 Å². The van der Waals surface area contributed by atoms with Crippen LogP contribution in [0.2, 0.25) is 0 Å². The van der Waals surface area contributed by atoms with E-state index in [4.69, 9.17) is 0 Å². The van der Waals surface area contributed by atoms with Gasteiger partial charge in [-0.1, -0.05) is 20.8 Å². The number of thiazole rings is 1. The molecule has 1 aliphatic rings. The molecule has 0 unspecified atom stereocenters. The number of rotatable bonds is 4. The molecular weight excluding hydrogens is 322 g/mol. The van der Waals surface area contributed by atoms with Gasteiger partial charge in [-0.3, -0.25) is 9.59 Å². The first-order chi connectivity index (χ1) is 11.4. The van der Waals surface area contributed by atoms with E-state index in [0.717, 1.165) is 28.4 Å². The fourth-order valence-electron chi connectivity index (χ4n) is 2.91. The van der Waals surface area contributed by atoms with Gasteiger partial charge in [0.15, 0.2) is 0 Å². The van der Waals surface area contributed by atoms with Crippen LogP contribution in [0.1, 0.15) is 53.8 Å². The number of hydrogen-bond acceptors (Lipinski definition) is 4. The molecule has 24 heavy (non-hydrogen) atoms. The van der Waals surface area contributed by atoms with E-state index in [1.807, 2.05) is 25.3 Å². The highest BCUT2D eigenvalue weighted by atomic mass is 32.1. The van der Waals surface area contributed by atoms with Crippen LogP contribution in [0, 0.1) is 0 Å². The highest BCUT2D eigenvalue weighted by molar-refractivity contribution is 7.09. The molecule has 0 spiro atoms. The van der Waals surface area contributed by atoms with Crippen molar-refractivity contribution < 1.29 is 9.59 Å². The lowest BCUT2D eigenvalue weighted by atomic mass is 9.77. The number of benzene rings is 1. The number of carbonyl (C=O) groups is 2. The van der Waals surface area contributed by atoms with Gasteiger partial charge in [-0.2, -0.15) is 0 Å². The molecule has 0 saturated heterocycles. The Morgan fingerprint density at radius 1 is 1.42 bits per heavy atom. The van der Waals surface area contributed by atoms with Crippen LogP contribution >= 0.6 is 11.3 Å². The Morgan fingerprint density at radius 3 is 2.92 bits per heavy atom. The van der Waals surface area contributed by atoms with Gasteiger partial charge in [0.25, 0.3) is 5.91 Å². The normalized spacial score (nSPS) is 15.5. The quantitative estimate of drug-likeness (QED) is 0.895. The van der Waals surface area contributed by atoms with Crippen LogP contribution in [0.15, 0.2) is 23.6 Å². The van der Waals surface area contributed by atoms with Crippen LogP contribution < -0.4 is 10.6 Å². The molecule has 2 amide bonds. The van der Waals surface area contributed by atoms with E-state index in [9.17, 15) is 9.59 Å². The Labute approximate surface area is 145 Å². The maximum Gasteiger partial charge on any atom is 0.251 e. The zero-order valence-electron chi connectivity index (χ0n) is 14.1. The topological polar surface area (TPSA) is 71.1 Å². The second-order valence-corrected chi connectivity index (χ2v) is 7.58. The Bertz CT molecular complexity index is 795. The van der Waals surface area contributed by atoms with Crippen LogP contribution in [0.3, 0.4) is 0 Å². The van der Waals surface area contributed by atoms with Gasteiger partial charge in [-0.05, 0) is 30.2 Å². The summed E-state index contributed by atoms with van der Waals surface area (Å²) in [5.74, 6) is -0.114. The molecule has 0 saturated carbocycles. The van der Waals surface area contributed by atoms with E-state index >= 15 is 0 Å². The number of hydrogen-bond donors (Lipinski definition) is 2. The third-order valence-corrected chi connectivity index (χ3v) is 5.26. The summed E-state index contributed by atoms with van der Waals surface area (Å²) in [5.41, 5.74) is 3.00. The average Bonchev–Trinajstić information content (AvgIpc) is 2.99. The molecule has 0 bridgehead atoms. The van der Waals surface area contributed by atoms with Crippen LogP contribution in [0.25, 0.3) is 0 Å². The van der Waals surface area contributed by atoms with Crippen molar-refractivity contribution in [3.63, 3.8) is 0 Å². The average molecular weight is 343 g/mol. The fourth-order valence-corrected chi connectivity index (χ4v) is 3.66. The number of aromatic nitrogens is 1. The number of fused-ring (bicyclic) bond motifs is 1. The number of nitrogens with one attached hydrogen (secondary N) is 2. The summed E-state index contributed by atoms with van der Waals surface area (Å²) in [6, 6.07) is 5.43. The number of nitrogens with zero attached hydrogens (tertiary/aromatic N) is 1. The lowest BCUT2D eigenvalue weighted by molar-refractivity contribution is -0.117. The minimum Gasteiger partial charge on any atom is -0.346 e. The minimum absolute atomic E-state index is 0.0139. The maximum absolute atomic E-state index is 12.4. The molecule has 1 aliphatic heterocycles. The van der Waals surface area contributed by atoms with E-state index < -0.39 is 0 Å². The van der Waals surface area contributed by atoms with Crippen molar-refractivity contribution in [2.45, 2.75) is 45.6 Å². The highest BCUT2D eigenvalue weighted by Crippen LogP contribution is 2.37. The molecule has 126 valence electrons. The summed E-state index contributed by atoms with van der Waals surface area (Å²) in [4.78, 5) is 28.6. The predicted octanol–water partition coefficient (Wildman–Crippen LogP) is 3.26. The van der Waals surface area contributed by atoms with Crippen LogP contribution in [-0.2, 0) is 23.2 Å². The summed E-state index contributed by atoms with van der Waals surface area (Å²) in [5, 5.41) is 8.83. The van der Waals surface area contributed by atoms with E-state index in [0.29, 0.717) is 18.5 Å². The lowest BCUT2D eigenvalue weighted by Gasteiger charge is -2.32. The first-order valence-corrected chi connectivity index (χ1v) is 8.93. The standard InChI is InChI=1S/C18H21N3O2S/c1-4-16-20-12(10-24-16)9-19-17(23)11-5-6-14-13(7-11)18(2,3)8-15(22)21-14/h5-7,10H,4,8-9H2,1-3H3,(H,19,23)(H,21,22). The zero-order valence-corrected chi connectivity index (χ0v) is 14.9. The van der Waals surface area contributed by atoms with Crippen LogP contribution in [0.5, 0.6) is 0 Å². The van der Waals surface area contributed by atoms with E-state index in [-0.39, 0.29) is 17.2 Å². The van der Waals surface area contributed by atoms with Gasteiger partial charge in [-0.15, -0.1) is 11.3 Å². The first kappa shape index (κ1) is 16.6. The van der Waals surface area contributed by atoms with Crippen molar-refractivity contribution in [2.75, 3.05) is 5.32 Å². The third kappa shape index (κ3) is 3.33. The molecule has 2 N–H and O–H groups in total. The number of aryl methyl sites for hydroxylation is 1. The number of anilines is 1. The Morgan fingerprint density at radius 2 is 2.21 bits per heavy atom. The molecule has 2 heterocycles. The van der Waals surface area contributed by atoms with E-state index in [1.165, 1.54) is 0 Å². The molecule has 0 fully saturated rings. The van der Waals surface area contributed by atoms with Gasteiger partial charge in [0.1, 0.15) is 0 Å². The van der Waals surface area contributed by atoms with Gasteiger partial charge < -0.3 is 10.6 Å². The smallest absolute Gasteiger partial charge is 0.251 e. The summed E-state index contributed by atoms with van der Waals surface area (Å²) < 4.78 is 0. The van der Waals surface area contributed by atoms with Crippen molar-refractivity contribution in [3.05, 3.63) is 45.4 Å². The third-order valence-electron chi connectivity index (χ3n) is 4.22. The number of amides is 2. The summed E-state index contributed by atoms with van der Waals surface area (Å²) in [7, 11) is 0. The monoisotopic (exact) mass is 343 g/mol. The second-order valence-electron chi connectivity index (χ2n) is 6.64. The minimum atomic E-state index is -0.279. The second kappa shape index (κ2) is 6.36. The van der Waals surface area contributed by atoms with Gasteiger partial charge in [0.2, 0.25) is 5.91 Å². The molecular formula is C18H21N3O2S. The van der Waals surface area contributed by atoms with Crippen molar-refractivity contribution in [1.29, 1.82) is 0 Å². The zero-order chi connectivity index (χ0) is 17.3. The summed E-state index contributed by atoms with van der Waals surface area (Å²) >= 11 is 1.61. The first-order valence-electron chi connectivity index (χ1n) is 8.05. The molecule has 6 heteroatoms. The molecule has 2 aromatic rings. The Kier molecular flexibility index (Phi) is 4.41. The van der Waals surface area contributed by atoms with E-state index in [2.05, 4.69) is 22.5 Å². The molecule has 0 aliphatic carbocycles. The molecule has 0 atom stereocenters. The number of carbonyl (C=O) groups excluding carboxylic acids is 2. The molecule has 1 aromatic carbocycles. The van der Waals surface area contributed by atoms with Crippen LogP contribution in [0.4, 0.5) is 5.69 Å². The molecule has 5 nitrogen and oxygen atoms in total. The van der Waals surface area contributed by atoms with Crippen molar-refractivity contribution in [3.8, 4) is 0 Å². The van der Waals surface area contributed by atoms with Gasteiger partial charge in [0.05, 0.1) is 17.2 Å². The molecule has 0 radical (unpaired) electrons. The predicted molar refractivity (Wildman–Crippen MR) is 95.4 cm³/mol. The summed E-state index contributed by atoms with van der Waals surface area (Å²) in [6.45, 7) is 6.53. The van der Waals surface area contributed by atoms with E-state index in [1.54, 1.807) is 23.5 Å². The lowest BCUT2D eigenvalue weighted by Crippen LogP contribution is -2.33. The van der Waals surface area contributed by atoms with Gasteiger partial charge >= 0.3 is 0 Å². The fraction of sp³-hybridized carbons (Fsp3) is 0.389. The molecule has 3 rings (SSSR count). The van der Waals surface area contributed by atoms with Crippen molar-refractivity contribution in [1.82, 2.24) is 10.3 Å². The molecule has 1 aromatic heterocycles. The Balaban J connectivity index is 1.75. The largest absolute Gasteiger partial charge is 0.346 e. The Hall–Kier alpha value is -2.21. The summed E-state index contributed by atoms with van der Waals surface area (Å²) in [6.07, 6.45) is 1.33. The SMILES string of the molecule is CCc1nc(CNC(=O)c2ccc3c(c2)C(C)(C)CC(=O)N3)cs1. The maximum atomic E-state index is 12.4.